The van der Waals surface area contributed by atoms with Crippen molar-refractivity contribution >= 4 is 11.9 Å². The van der Waals surface area contributed by atoms with Crippen LogP contribution in [0.1, 0.15) is 72.4 Å². The normalized spacial score (nSPS) is 11.2. The predicted octanol–water partition coefficient (Wildman–Crippen LogP) is 4.26. The van der Waals surface area contributed by atoms with Crippen LogP contribution in [0, 0.1) is 11.8 Å². The average molecular weight is 306 g/mol. The number of rotatable bonds is 8. The third kappa shape index (κ3) is 4.86. The van der Waals surface area contributed by atoms with Crippen molar-refractivity contribution in [3.05, 3.63) is 34.4 Å². The van der Waals surface area contributed by atoms with Crippen molar-refractivity contribution in [2.45, 2.75) is 53.4 Å². The second kappa shape index (κ2) is 7.97. The van der Waals surface area contributed by atoms with Crippen LogP contribution >= 0.6 is 0 Å². The molecule has 0 heterocycles. The number of carboxylic acid groups (broad SMARTS) is 2. The highest BCUT2D eigenvalue weighted by atomic mass is 16.4. The van der Waals surface area contributed by atoms with Gasteiger partial charge in [-0.05, 0) is 60.8 Å². The Bertz CT molecular complexity index is 495. The van der Waals surface area contributed by atoms with Crippen molar-refractivity contribution in [2.75, 3.05) is 0 Å². The minimum absolute atomic E-state index is 0.240. The molecule has 0 spiro atoms. The number of benzene rings is 1. The molecule has 4 heteroatoms. The Labute approximate surface area is 132 Å². The molecule has 2 N–H and O–H groups in total. The van der Waals surface area contributed by atoms with Crippen LogP contribution < -0.4 is 0 Å². The van der Waals surface area contributed by atoms with E-state index in [9.17, 15) is 19.8 Å². The molecule has 0 atom stereocenters. The smallest absolute Gasteiger partial charge is 0.335 e. The summed E-state index contributed by atoms with van der Waals surface area (Å²) in [7, 11) is 0. The van der Waals surface area contributed by atoms with Crippen molar-refractivity contribution in [3.63, 3.8) is 0 Å². The van der Waals surface area contributed by atoms with Gasteiger partial charge in [0, 0.05) is 0 Å². The first-order chi connectivity index (χ1) is 10.2. The van der Waals surface area contributed by atoms with Crippen molar-refractivity contribution in [3.8, 4) is 0 Å². The van der Waals surface area contributed by atoms with Crippen LogP contribution in [-0.4, -0.2) is 22.2 Å². The standard InChI is InChI=1S/C18H26O4/c1-11(2)5-7-13-14(8-6-12(3)4)16(18(21)22)10-9-15(13)17(19)20/h9-12H,5-8H2,1-4H3,(H,19,20)(H,21,22). The van der Waals surface area contributed by atoms with E-state index < -0.39 is 11.9 Å². The van der Waals surface area contributed by atoms with Crippen molar-refractivity contribution < 1.29 is 19.8 Å². The van der Waals surface area contributed by atoms with Gasteiger partial charge < -0.3 is 10.2 Å². The molecule has 0 saturated heterocycles. The van der Waals surface area contributed by atoms with Crippen LogP contribution in [0.2, 0.25) is 0 Å². The monoisotopic (exact) mass is 306 g/mol. The van der Waals surface area contributed by atoms with Gasteiger partial charge in [0.05, 0.1) is 11.1 Å². The van der Waals surface area contributed by atoms with E-state index in [4.69, 9.17) is 0 Å². The van der Waals surface area contributed by atoms with E-state index in [0.29, 0.717) is 35.8 Å². The van der Waals surface area contributed by atoms with Gasteiger partial charge in [-0.1, -0.05) is 27.7 Å². The van der Waals surface area contributed by atoms with Gasteiger partial charge in [-0.25, -0.2) is 9.59 Å². The lowest BCUT2D eigenvalue weighted by atomic mass is 9.87. The Balaban J connectivity index is 3.36. The topological polar surface area (TPSA) is 74.6 Å². The van der Waals surface area contributed by atoms with Gasteiger partial charge in [-0.2, -0.15) is 0 Å². The molecule has 0 aromatic heterocycles. The fourth-order valence-corrected chi connectivity index (χ4v) is 2.53. The zero-order valence-electron chi connectivity index (χ0n) is 13.8. The molecule has 122 valence electrons. The Morgan fingerprint density at radius 1 is 0.818 bits per heavy atom. The summed E-state index contributed by atoms with van der Waals surface area (Å²) < 4.78 is 0. The average Bonchev–Trinajstić information content (AvgIpc) is 2.41. The van der Waals surface area contributed by atoms with Gasteiger partial charge in [-0.3, -0.25) is 0 Å². The Kier molecular flexibility index (Phi) is 6.60. The van der Waals surface area contributed by atoms with Gasteiger partial charge >= 0.3 is 11.9 Å². The Hall–Kier alpha value is -1.84. The number of aromatic carboxylic acids is 2. The first-order valence-corrected chi connectivity index (χ1v) is 7.85. The predicted molar refractivity (Wildman–Crippen MR) is 86.7 cm³/mol. The minimum atomic E-state index is -0.985. The van der Waals surface area contributed by atoms with E-state index in [1.807, 2.05) is 0 Å². The van der Waals surface area contributed by atoms with Crippen molar-refractivity contribution in [2.24, 2.45) is 11.8 Å². The molecular weight excluding hydrogens is 280 g/mol. The number of hydrogen-bond acceptors (Lipinski definition) is 2. The van der Waals surface area contributed by atoms with Crippen molar-refractivity contribution in [1.29, 1.82) is 0 Å². The highest BCUT2D eigenvalue weighted by molar-refractivity contribution is 5.95. The summed E-state index contributed by atoms with van der Waals surface area (Å²) in [6.45, 7) is 8.31. The molecular formula is C18H26O4. The number of carboxylic acids is 2. The molecule has 0 amide bonds. The molecule has 0 unspecified atom stereocenters. The molecule has 1 aromatic rings. The molecule has 0 aliphatic heterocycles. The minimum Gasteiger partial charge on any atom is -0.478 e. The van der Waals surface area contributed by atoms with Crippen LogP contribution in [0.5, 0.6) is 0 Å². The van der Waals surface area contributed by atoms with E-state index in [2.05, 4.69) is 27.7 Å². The van der Waals surface area contributed by atoms with E-state index in [1.54, 1.807) is 0 Å². The van der Waals surface area contributed by atoms with E-state index in [1.165, 1.54) is 12.1 Å². The summed E-state index contributed by atoms with van der Waals surface area (Å²) in [5.41, 5.74) is 1.87. The first-order valence-electron chi connectivity index (χ1n) is 7.85. The summed E-state index contributed by atoms with van der Waals surface area (Å²) in [6.07, 6.45) is 2.90. The maximum Gasteiger partial charge on any atom is 0.335 e. The lowest BCUT2D eigenvalue weighted by molar-refractivity contribution is 0.0679. The van der Waals surface area contributed by atoms with E-state index >= 15 is 0 Å². The third-order valence-electron chi connectivity index (χ3n) is 3.84. The highest BCUT2D eigenvalue weighted by Crippen LogP contribution is 2.25. The fourth-order valence-electron chi connectivity index (χ4n) is 2.53. The number of carbonyl (C=O) groups is 2. The fraction of sp³-hybridized carbons (Fsp3) is 0.556. The largest absolute Gasteiger partial charge is 0.478 e. The molecule has 0 aliphatic rings. The van der Waals surface area contributed by atoms with Crippen LogP contribution in [0.25, 0.3) is 0 Å². The van der Waals surface area contributed by atoms with Crippen LogP contribution in [-0.2, 0) is 12.8 Å². The third-order valence-corrected chi connectivity index (χ3v) is 3.84. The highest BCUT2D eigenvalue weighted by Gasteiger charge is 2.20. The van der Waals surface area contributed by atoms with Crippen LogP contribution in [0.15, 0.2) is 12.1 Å². The summed E-state index contributed by atoms with van der Waals surface area (Å²) in [6, 6.07) is 2.86. The maximum absolute atomic E-state index is 11.5. The number of hydrogen-bond donors (Lipinski definition) is 2. The van der Waals surface area contributed by atoms with Gasteiger partial charge in [0.25, 0.3) is 0 Å². The zero-order valence-corrected chi connectivity index (χ0v) is 13.8. The molecule has 0 saturated carbocycles. The van der Waals surface area contributed by atoms with Gasteiger partial charge in [0.1, 0.15) is 0 Å². The summed E-state index contributed by atoms with van der Waals surface area (Å²) in [5.74, 6) is -1.09. The maximum atomic E-state index is 11.5. The van der Waals surface area contributed by atoms with E-state index in [-0.39, 0.29) is 11.1 Å². The Morgan fingerprint density at radius 2 is 1.14 bits per heavy atom. The van der Waals surface area contributed by atoms with Crippen LogP contribution in [0.4, 0.5) is 0 Å². The van der Waals surface area contributed by atoms with Crippen LogP contribution in [0.3, 0.4) is 0 Å². The second-order valence-electron chi connectivity index (χ2n) is 6.59. The van der Waals surface area contributed by atoms with Gasteiger partial charge in [0.2, 0.25) is 0 Å². The SMILES string of the molecule is CC(C)CCc1c(C(=O)O)ccc(C(=O)O)c1CCC(C)C. The zero-order chi connectivity index (χ0) is 16.9. The molecule has 1 rings (SSSR count). The molecule has 0 fully saturated rings. The molecule has 1 aromatic carbocycles. The summed E-state index contributed by atoms with van der Waals surface area (Å²) in [5, 5.41) is 18.8. The lowest BCUT2D eigenvalue weighted by Gasteiger charge is -2.17. The molecule has 0 radical (unpaired) electrons. The summed E-state index contributed by atoms with van der Waals surface area (Å²) in [4.78, 5) is 23.0. The molecule has 0 aliphatic carbocycles. The molecule has 0 bridgehead atoms. The van der Waals surface area contributed by atoms with E-state index in [0.717, 1.165) is 12.8 Å². The summed E-state index contributed by atoms with van der Waals surface area (Å²) >= 11 is 0. The molecule has 22 heavy (non-hydrogen) atoms. The van der Waals surface area contributed by atoms with Crippen molar-refractivity contribution in [1.82, 2.24) is 0 Å². The quantitative estimate of drug-likeness (QED) is 0.752. The second-order valence-corrected chi connectivity index (χ2v) is 6.59. The molecule has 4 nitrogen and oxygen atoms in total. The first kappa shape index (κ1) is 18.2. The lowest BCUT2D eigenvalue weighted by Crippen LogP contribution is -2.13. The van der Waals surface area contributed by atoms with Gasteiger partial charge in [-0.15, -0.1) is 0 Å². The van der Waals surface area contributed by atoms with Gasteiger partial charge in [0.15, 0.2) is 0 Å². The Morgan fingerprint density at radius 3 is 1.36 bits per heavy atom.